The Labute approximate surface area is 204 Å². The number of nitrogens with zero attached hydrogens (tertiary/aromatic N) is 1. The van der Waals surface area contributed by atoms with Gasteiger partial charge in [-0.05, 0) is 42.8 Å². The van der Waals surface area contributed by atoms with Crippen LogP contribution in [0.4, 0.5) is 5.69 Å². The Hall–Kier alpha value is -3.60. The number of anilines is 1. The van der Waals surface area contributed by atoms with Crippen molar-refractivity contribution in [1.82, 2.24) is 10.4 Å². The van der Waals surface area contributed by atoms with Gasteiger partial charge in [0.05, 0.1) is 26.7 Å². The van der Waals surface area contributed by atoms with Crippen molar-refractivity contribution in [2.45, 2.75) is 13.3 Å². The summed E-state index contributed by atoms with van der Waals surface area (Å²) in [5.74, 6) is -2.58. The van der Waals surface area contributed by atoms with Gasteiger partial charge in [0.15, 0.2) is 6.61 Å². The largest absolute Gasteiger partial charge is 0.496 e. The molecule has 1 atom stereocenters. The van der Waals surface area contributed by atoms with Crippen molar-refractivity contribution in [3.8, 4) is 11.5 Å². The van der Waals surface area contributed by atoms with Crippen molar-refractivity contribution in [3.63, 3.8) is 0 Å². The van der Waals surface area contributed by atoms with Crippen LogP contribution in [-0.2, 0) is 19.1 Å². The molecule has 2 aromatic rings. The molecule has 11 heteroatoms. The molecule has 1 aliphatic rings. The van der Waals surface area contributed by atoms with Gasteiger partial charge in [-0.15, -0.1) is 0 Å². The summed E-state index contributed by atoms with van der Waals surface area (Å²) in [7, 11) is 2.82. The molecular formula is C23H24BrN3O7. The van der Waals surface area contributed by atoms with Gasteiger partial charge in [0.2, 0.25) is 5.91 Å². The molecule has 10 nitrogen and oxygen atoms in total. The van der Waals surface area contributed by atoms with Crippen LogP contribution in [0.1, 0.15) is 22.3 Å². The molecule has 0 bridgehead atoms. The van der Waals surface area contributed by atoms with Gasteiger partial charge in [0.25, 0.3) is 11.8 Å². The lowest BCUT2D eigenvalue weighted by molar-refractivity contribution is -0.151. The summed E-state index contributed by atoms with van der Waals surface area (Å²) >= 11 is 3.35. The van der Waals surface area contributed by atoms with Crippen LogP contribution in [0, 0.1) is 12.8 Å². The highest BCUT2D eigenvalue weighted by molar-refractivity contribution is 9.10. The minimum Gasteiger partial charge on any atom is -0.496 e. The third-order valence-electron chi connectivity index (χ3n) is 5.16. The molecule has 2 aromatic carbocycles. The standard InChI is InChI=1S/C23H24BrN3O7/c1-13-9-15(24)7-8-16(13)25-19(28)12-34-23(31)14-10-20(29)27(11-14)26-22(30)21-17(32-2)5-4-6-18(21)33-3/h4-9,14H,10-12H2,1-3H3,(H,25,28)(H,26,30)/t14-/m1/s1. The lowest BCUT2D eigenvalue weighted by Crippen LogP contribution is -2.43. The van der Waals surface area contributed by atoms with Crippen LogP contribution in [0.25, 0.3) is 0 Å². The SMILES string of the molecule is COc1cccc(OC)c1C(=O)NN1C[C@H](C(=O)OCC(=O)Nc2ccc(Br)cc2C)CC1=O. The van der Waals surface area contributed by atoms with E-state index in [0.29, 0.717) is 5.69 Å². The summed E-state index contributed by atoms with van der Waals surface area (Å²) in [5, 5.41) is 3.72. The number of hydrogen-bond donors (Lipinski definition) is 2. The van der Waals surface area contributed by atoms with Crippen LogP contribution in [0.5, 0.6) is 11.5 Å². The van der Waals surface area contributed by atoms with Crippen LogP contribution in [0.15, 0.2) is 40.9 Å². The highest BCUT2D eigenvalue weighted by atomic mass is 79.9. The summed E-state index contributed by atoms with van der Waals surface area (Å²) in [4.78, 5) is 49.7. The number of hydrazine groups is 1. The maximum atomic E-state index is 12.8. The van der Waals surface area contributed by atoms with E-state index in [4.69, 9.17) is 14.2 Å². The van der Waals surface area contributed by atoms with Crippen molar-refractivity contribution in [2.24, 2.45) is 5.92 Å². The first-order valence-corrected chi connectivity index (χ1v) is 11.1. The number of nitrogens with one attached hydrogen (secondary N) is 2. The second kappa shape index (κ2) is 11.0. The number of amides is 3. The van der Waals surface area contributed by atoms with Crippen molar-refractivity contribution in [3.05, 3.63) is 52.0 Å². The first-order valence-electron chi connectivity index (χ1n) is 10.3. The number of carbonyl (C=O) groups excluding carboxylic acids is 4. The average molecular weight is 534 g/mol. The second-order valence-electron chi connectivity index (χ2n) is 7.50. The Morgan fingerprint density at radius 1 is 1.12 bits per heavy atom. The number of methoxy groups -OCH3 is 2. The van der Waals surface area contributed by atoms with Crippen molar-refractivity contribution >= 4 is 45.3 Å². The summed E-state index contributed by atoms with van der Waals surface area (Å²) < 4.78 is 16.4. The average Bonchev–Trinajstić information content (AvgIpc) is 3.18. The van der Waals surface area contributed by atoms with Gasteiger partial charge in [-0.1, -0.05) is 22.0 Å². The Morgan fingerprint density at radius 2 is 1.79 bits per heavy atom. The van der Waals surface area contributed by atoms with Gasteiger partial charge in [0.1, 0.15) is 17.1 Å². The van der Waals surface area contributed by atoms with Crippen LogP contribution in [0.3, 0.4) is 0 Å². The highest BCUT2D eigenvalue weighted by Crippen LogP contribution is 2.28. The summed E-state index contributed by atoms with van der Waals surface area (Å²) in [6.45, 7) is 1.25. The van der Waals surface area contributed by atoms with Gasteiger partial charge in [-0.3, -0.25) is 29.6 Å². The number of carbonyl (C=O) groups is 4. The van der Waals surface area contributed by atoms with E-state index in [1.165, 1.54) is 14.2 Å². The van der Waals surface area contributed by atoms with E-state index in [1.807, 2.05) is 13.0 Å². The molecule has 34 heavy (non-hydrogen) atoms. The molecule has 3 amide bonds. The normalized spacial score (nSPS) is 15.0. The quantitative estimate of drug-likeness (QED) is 0.499. The zero-order chi connectivity index (χ0) is 24.8. The van der Waals surface area contributed by atoms with Crippen LogP contribution in [0.2, 0.25) is 0 Å². The van der Waals surface area contributed by atoms with Crippen molar-refractivity contribution in [2.75, 3.05) is 32.7 Å². The predicted octanol–water partition coefficient (Wildman–Crippen LogP) is 2.45. The van der Waals surface area contributed by atoms with Crippen LogP contribution in [-0.4, -0.2) is 56.1 Å². The summed E-state index contributed by atoms with van der Waals surface area (Å²) in [5.41, 5.74) is 4.04. The fourth-order valence-corrected chi connectivity index (χ4v) is 3.91. The molecule has 1 fully saturated rings. The molecule has 0 aliphatic carbocycles. The molecular weight excluding hydrogens is 510 g/mol. The molecule has 0 radical (unpaired) electrons. The maximum Gasteiger partial charge on any atom is 0.311 e. The lowest BCUT2D eigenvalue weighted by atomic mass is 10.1. The van der Waals surface area contributed by atoms with E-state index in [-0.39, 0.29) is 30.0 Å². The van der Waals surface area contributed by atoms with Crippen molar-refractivity contribution < 1.29 is 33.4 Å². The highest BCUT2D eigenvalue weighted by Gasteiger charge is 2.37. The molecule has 1 saturated heterocycles. The topological polar surface area (TPSA) is 123 Å². The fraction of sp³-hybridized carbons (Fsp3) is 0.304. The molecule has 2 N–H and O–H groups in total. The van der Waals surface area contributed by atoms with Gasteiger partial charge >= 0.3 is 5.97 Å². The number of hydrogen-bond acceptors (Lipinski definition) is 7. The number of benzene rings is 2. The van der Waals surface area contributed by atoms with E-state index in [2.05, 4.69) is 26.7 Å². The third kappa shape index (κ3) is 5.84. The van der Waals surface area contributed by atoms with E-state index in [9.17, 15) is 19.2 Å². The maximum absolute atomic E-state index is 12.8. The first kappa shape index (κ1) is 25.0. The molecule has 0 spiro atoms. The van der Waals surface area contributed by atoms with Crippen LogP contribution >= 0.6 is 15.9 Å². The molecule has 180 valence electrons. The smallest absolute Gasteiger partial charge is 0.311 e. The lowest BCUT2D eigenvalue weighted by Gasteiger charge is -2.19. The molecule has 1 aliphatic heterocycles. The Morgan fingerprint density at radius 3 is 2.41 bits per heavy atom. The number of halogens is 1. The minimum atomic E-state index is -0.824. The molecule has 3 rings (SSSR count). The molecule has 0 aromatic heterocycles. The predicted molar refractivity (Wildman–Crippen MR) is 125 cm³/mol. The van der Waals surface area contributed by atoms with E-state index >= 15 is 0 Å². The monoisotopic (exact) mass is 533 g/mol. The Balaban J connectivity index is 1.55. The van der Waals surface area contributed by atoms with Gasteiger partial charge in [0, 0.05) is 16.6 Å². The second-order valence-corrected chi connectivity index (χ2v) is 8.41. The summed E-state index contributed by atoms with van der Waals surface area (Å²) in [6.07, 6.45) is -0.157. The minimum absolute atomic E-state index is 0.0890. The third-order valence-corrected chi connectivity index (χ3v) is 5.65. The van der Waals surface area contributed by atoms with Crippen molar-refractivity contribution in [1.29, 1.82) is 0 Å². The number of ether oxygens (including phenoxy) is 3. The number of aryl methyl sites for hydroxylation is 1. The van der Waals surface area contributed by atoms with Gasteiger partial charge < -0.3 is 19.5 Å². The molecule has 0 saturated carbocycles. The van der Waals surface area contributed by atoms with Gasteiger partial charge in [-0.25, -0.2) is 0 Å². The Bertz CT molecular complexity index is 1100. The number of rotatable bonds is 8. The van der Waals surface area contributed by atoms with E-state index in [0.717, 1.165) is 15.0 Å². The first-order chi connectivity index (χ1) is 16.2. The van der Waals surface area contributed by atoms with Gasteiger partial charge in [-0.2, -0.15) is 0 Å². The zero-order valence-corrected chi connectivity index (χ0v) is 20.4. The summed E-state index contributed by atoms with van der Waals surface area (Å²) in [6, 6.07) is 10.2. The Kier molecular flexibility index (Phi) is 8.11. The van der Waals surface area contributed by atoms with Crippen LogP contribution < -0.4 is 20.2 Å². The molecule has 1 heterocycles. The van der Waals surface area contributed by atoms with E-state index in [1.54, 1.807) is 30.3 Å². The molecule has 0 unspecified atom stereocenters. The van der Waals surface area contributed by atoms with E-state index < -0.39 is 36.2 Å². The fourth-order valence-electron chi connectivity index (χ4n) is 3.44. The number of esters is 1. The zero-order valence-electron chi connectivity index (χ0n) is 18.8.